The van der Waals surface area contributed by atoms with E-state index in [4.69, 9.17) is 18.9 Å². The van der Waals surface area contributed by atoms with E-state index in [0.29, 0.717) is 30.6 Å². The van der Waals surface area contributed by atoms with Gasteiger partial charge >= 0.3 is 0 Å². The van der Waals surface area contributed by atoms with Crippen molar-refractivity contribution in [2.45, 2.75) is 44.8 Å². The number of hydrogen-bond donors (Lipinski definition) is 0. The van der Waals surface area contributed by atoms with Crippen LogP contribution in [0, 0.1) is 0 Å². The Morgan fingerprint density at radius 2 is 2.03 bits per heavy atom. The largest absolute Gasteiger partial charge is 0.483 e. The van der Waals surface area contributed by atoms with Crippen LogP contribution in [0.25, 0.3) is 0 Å². The average molecular weight is 413 g/mol. The van der Waals surface area contributed by atoms with Crippen molar-refractivity contribution < 1.29 is 23.7 Å². The molecular formula is C22H27N3O5. The van der Waals surface area contributed by atoms with Crippen LogP contribution in [0.15, 0.2) is 30.3 Å². The van der Waals surface area contributed by atoms with E-state index in [1.807, 2.05) is 32.0 Å². The molecule has 4 rings (SSSR count). The van der Waals surface area contributed by atoms with Crippen LogP contribution in [-0.2, 0) is 11.2 Å². The standard InChI is InChI=1S/C22H27N3O5/c1-22(2)12-15-6-4-8-17(21(15)30-22)28-14-20(26)25-11-5-7-16(13-25)29-19-10-9-18(27-3)23-24-19/h4,6,8-10,16H,5,7,11-14H2,1-3H3. The number of benzene rings is 1. The molecule has 3 heterocycles. The number of rotatable bonds is 6. The number of carbonyl (C=O) groups is 1. The molecule has 0 spiro atoms. The number of nitrogens with zero attached hydrogens (tertiary/aromatic N) is 3. The molecule has 0 aliphatic carbocycles. The summed E-state index contributed by atoms with van der Waals surface area (Å²) in [6.07, 6.45) is 2.41. The summed E-state index contributed by atoms with van der Waals surface area (Å²) >= 11 is 0. The Kier molecular flexibility index (Phi) is 5.65. The second kappa shape index (κ2) is 8.38. The van der Waals surface area contributed by atoms with Gasteiger partial charge in [-0.05, 0) is 32.8 Å². The highest BCUT2D eigenvalue weighted by Crippen LogP contribution is 2.41. The number of amides is 1. The van der Waals surface area contributed by atoms with Crippen LogP contribution in [0.2, 0.25) is 0 Å². The molecule has 0 saturated carbocycles. The number of ether oxygens (including phenoxy) is 4. The zero-order valence-corrected chi connectivity index (χ0v) is 17.6. The second-order valence-corrected chi connectivity index (χ2v) is 8.21. The lowest BCUT2D eigenvalue weighted by molar-refractivity contribution is -0.136. The maximum atomic E-state index is 12.7. The quantitative estimate of drug-likeness (QED) is 0.720. The van der Waals surface area contributed by atoms with Crippen molar-refractivity contribution in [3.63, 3.8) is 0 Å². The van der Waals surface area contributed by atoms with Gasteiger partial charge in [0.15, 0.2) is 18.1 Å². The molecule has 1 atom stereocenters. The Morgan fingerprint density at radius 1 is 1.23 bits per heavy atom. The number of piperidine rings is 1. The van der Waals surface area contributed by atoms with Crippen molar-refractivity contribution >= 4 is 5.91 Å². The summed E-state index contributed by atoms with van der Waals surface area (Å²) in [4.78, 5) is 14.5. The second-order valence-electron chi connectivity index (χ2n) is 8.21. The minimum absolute atomic E-state index is 0.0324. The molecular weight excluding hydrogens is 386 g/mol. The zero-order chi connectivity index (χ0) is 21.1. The molecule has 1 aromatic carbocycles. The Hall–Kier alpha value is -3.03. The van der Waals surface area contributed by atoms with Crippen LogP contribution >= 0.6 is 0 Å². The van der Waals surface area contributed by atoms with Crippen LogP contribution in [0.1, 0.15) is 32.3 Å². The minimum Gasteiger partial charge on any atom is -0.483 e. The molecule has 30 heavy (non-hydrogen) atoms. The first-order valence-electron chi connectivity index (χ1n) is 10.2. The molecule has 1 unspecified atom stereocenters. The Labute approximate surface area is 176 Å². The van der Waals surface area contributed by atoms with E-state index in [9.17, 15) is 4.79 Å². The number of para-hydroxylation sites is 1. The zero-order valence-electron chi connectivity index (χ0n) is 17.6. The third-order valence-electron chi connectivity index (χ3n) is 5.25. The predicted molar refractivity (Wildman–Crippen MR) is 109 cm³/mol. The van der Waals surface area contributed by atoms with Crippen LogP contribution < -0.4 is 18.9 Å². The molecule has 1 amide bonds. The summed E-state index contributed by atoms with van der Waals surface area (Å²) in [6.45, 7) is 5.24. The maximum absolute atomic E-state index is 12.7. The van der Waals surface area contributed by atoms with Crippen LogP contribution in [-0.4, -0.2) is 59.5 Å². The van der Waals surface area contributed by atoms with Gasteiger partial charge < -0.3 is 23.8 Å². The summed E-state index contributed by atoms with van der Waals surface area (Å²) in [5.41, 5.74) is 0.852. The van der Waals surface area contributed by atoms with Gasteiger partial charge in [-0.1, -0.05) is 12.1 Å². The van der Waals surface area contributed by atoms with Crippen LogP contribution in [0.5, 0.6) is 23.3 Å². The molecule has 0 N–H and O–H groups in total. The third-order valence-corrected chi connectivity index (χ3v) is 5.25. The summed E-state index contributed by atoms with van der Waals surface area (Å²) in [7, 11) is 1.54. The normalized spacial score (nSPS) is 19.6. The van der Waals surface area contributed by atoms with Crippen LogP contribution in [0.3, 0.4) is 0 Å². The summed E-state index contributed by atoms with van der Waals surface area (Å²) in [6, 6.07) is 9.23. The Morgan fingerprint density at radius 3 is 2.80 bits per heavy atom. The van der Waals surface area contributed by atoms with E-state index in [2.05, 4.69) is 10.2 Å². The highest BCUT2D eigenvalue weighted by Gasteiger charge is 2.32. The molecule has 1 aromatic heterocycles. The van der Waals surface area contributed by atoms with Gasteiger partial charge in [0.1, 0.15) is 11.7 Å². The number of hydrogen-bond acceptors (Lipinski definition) is 7. The first-order valence-corrected chi connectivity index (χ1v) is 10.2. The number of fused-ring (bicyclic) bond motifs is 1. The lowest BCUT2D eigenvalue weighted by Crippen LogP contribution is -2.46. The summed E-state index contributed by atoms with van der Waals surface area (Å²) in [5, 5.41) is 7.90. The lowest BCUT2D eigenvalue weighted by Gasteiger charge is -2.32. The van der Waals surface area contributed by atoms with E-state index in [1.165, 1.54) is 7.11 Å². The minimum atomic E-state index is -0.256. The van der Waals surface area contributed by atoms with Crippen molar-refractivity contribution in [3.8, 4) is 23.3 Å². The molecule has 8 heteroatoms. The van der Waals surface area contributed by atoms with E-state index in [1.54, 1.807) is 17.0 Å². The summed E-state index contributed by atoms with van der Waals surface area (Å²) < 4.78 is 22.8. The van der Waals surface area contributed by atoms with Gasteiger partial charge in [0.05, 0.1) is 13.7 Å². The Bertz CT molecular complexity index is 900. The van der Waals surface area contributed by atoms with Crippen LogP contribution in [0.4, 0.5) is 0 Å². The SMILES string of the molecule is COc1ccc(OC2CCCN(C(=O)COc3cccc4c3OC(C)(C)C4)C2)nn1. The van der Waals surface area contributed by atoms with Crippen molar-refractivity contribution in [3.05, 3.63) is 35.9 Å². The monoisotopic (exact) mass is 413 g/mol. The van der Waals surface area contributed by atoms with Gasteiger partial charge in [0.25, 0.3) is 5.91 Å². The first kappa shape index (κ1) is 20.3. The fourth-order valence-corrected chi connectivity index (χ4v) is 3.84. The topological polar surface area (TPSA) is 83.0 Å². The molecule has 2 aromatic rings. The van der Waals surface area contributed by atoms with E-state index in [-0.39, 0.29) is 24.2 Å². The highest BCUT2D eigenvalue weighted by atomic mass is 16.5. The molecule has 0 bridgehead atoms. The van der Waals surface area contributed by atoms with Gasteiger partial charge in [0, 0.05) is 30.7 Å². The lowest BCUT2D eigenvalue weighted by atomic mass is 10.0. The van der Waals surface area contributed by atoms with E-state index >= 15 is 0 Å². The number of methoxy groups -OCH3 is 1. The fraction of sp³-hybridized carbons (Fsp3) is 0.500. The smallest absolute Gasteiger partial charge is 0.260 e. The van der Waals surface area contributed by atoms with Gasteiger partial charge in [0.2, 0.25) is 11.8 Å². The summed E-state index contributed by atoms with van der Waals surface area (Å²) in [5.74, 6) is 2.14. The van der Waals surface area contributed by atoms with Crippen molar-refractivity contribution in [1.82, 2.24) is 15.1 Å². The number of aromatic nitrogens is 2. The highest BCUT2D eigenvalue weighted by molar-refractivity contribution is 5.78. The molecule has 2 aliphatic rings. The van der Waals surface area contributed by atoms with Gasteiger partial charge in [-0.15, -0.1) is 10.2 Å². The van der Waals surface area contributed by atoms with E-state index in [0.717, 1.165) is 30.6 Å². The average Bonchev–Trinajstić information content (AvgIpc) is 3.07. The van der Waals surface area contributed by atoms with Gasteiger partial charge in [-0.2, -0.15) is 0 Å². The number of carbonyl (C=O) groups excluding carboxylic acids is 1. The molecule has 2 aliphatic heterocycles. The first-order chi connectivity index (χ1) is 14.4. The molecule has 0 radical (unpaired) electrons. The van der Waals surface area contributed by atoms with E-state index < -0.39 is 0 Å². The molecule has 1 fully saturated rings. The predicted octanol–water partition coefficient (Wildman–Crippen LogP) is 2.65. The maximum Gasteiger partial charge on any atom is 0.260 e. The molecule has 160 valence electrons. The fourth-order valence-electron chi connectivity index (χ4n) is 3.84. The molecule has 8 nitrogen and oxygen atoms in total. The van der Waals surface area contributed by atoms with Gasteiger partial charge in [-0.3, -0.25) is 4.79 Å². The number of likely N-dealkylation sites (tertiary alicyclic amines) is 1. The van der Waals surface area contributed by atoms with Crippen molar-refractivity contribution in [2.24, 2.45) is 0 Å². The van der Waals surface area contributed by atoms with Gasteiger partial charge in [-0.25, -0.2) is 0 Å². The van der Waals surface area contributed by atoms with Crippen molar-refractivity contribution in [2.75, 3.05) is 26.8 Å². The third kappa shape index (κ3) is 4.58. The van der Waals surface area contributed by atoms with Crippen molar-refractivity contribution in [1.29, 1.82) is 0 Å². The molecule has 1 saturated heterocycles. The Balaban J connectivity index is 1.32.